The number of carbonyl (C=O) groups is 3. The molecule has 4 N–H and O–H groups in total. The molecule has 4 aliphatic carbocycles. The lowest BCUT2D eigenvalue weighted by atomic mass is 9.45. The first kappa shape index (κ1) is 26.7. The van der Waals surface area contributed by atoms with E-state index in [0.717, 1.165) is 5.57 Å². The second kappa shape index (κ2) is 8.31. The summed E-state index contributed by atoms with van der Waals surface area (Å²) in [4.78, 5) is 40.0. The molecule has 1 aliphatic heterocycles. The fourth-order valence-corrected chi connectivity index (χ4v) is 8.76. The smallest absolute Gasteiger partial charge is 0.334 e. The average molecular weight is 517 g/mol. The number of fused-ring (bicyclic) bond motifs is 5. The molecule has 5 rings (SSSR count). The molecule has 0 saturated heterocycles. The van der Waals surface area contributed by atoms with Crippen LogP contribution in [0.25, 0.3) is 0 Å². The number of rotatable bonds is 3. The van der Waals surface area contributed by atoms with E-state index in [1.165, 1.54) is 6.08 Å². The molecule has 0 amide bonds. The van der Waals surface area contributed by atoms with Gasteiger partial charge in [-0.2, -0.15) is 0 Å². The Labute approximate surface area is 217 Å². The van der Waals surface area contributed by atoms with Gasteiger partial charge in [0.1, 0.15) is 17.5 Å². The average Bonchev–Trinajstić information content (AvgIpc) is 3.12. The number of ketones is 2. The van der Waals surface area contributed by atoms with E-state index in [1.807, 2.05) is 13.8 Å². The number of carbonyl (C=O) groups excluding carboxylic acids is 3. The number of hydrogen-bond donors (Lipinski definition) is 4. The van der Waals surface area contributed by atoms with Crippen LogP contribution in [0.15, 0.2) is 22.8 Å². The van der Waals surface area contributed by atoms with Gasteiger partial charge in [-0.15, -0.1) is 0 Å². The Morgan fingerprint density at radius 3 is 2.43 bits per heavy atom. The molecule has 0 aromatic carbocycles. The first-order valence-electron chi connectivity index (χ1n) is 13.6. The van der Waals surface area contributed by atoms with Gasteiger partial charge in [0.25, 0.3) is 0 Å². The largest absolute Gasteiger partial charge is 0.456 e. The predicted octanol–water partition coefficient (Wildman–Crippen LogP) is 2.16. The maximum absolute atomic E-state index is 14.1. The number of ether oxygens (including phenoxy) is 1. The number of hydrogen-bond acceptors (Lipinski definition) is 8. The van der Waals surface area contributed by atoms with Crippen LogP contribution in [0.4, 0.5) is 0 Å². The molecule has 0 unspecified atom stereocenters. The lowest BCUT2D eigenvalue weighted by Gasteiger charge is -2.59. The van der Waals surface area contributed by atoms with Crippen LogP contribution in [-0.2, 0) is 19.1 Å². The van der Waals surface area contributed by atoms with Crippen LogP contribution in [-0.4, -0.2) is 67.5 Å². The van der Waals surface area contributed by atoms with Crippen LogP contribution in [0.2, 0.25) is 0 Å². The Kier molecular flexibility index (Phi) is 6.00. The minimum Gasteiger partial charge on any atom is -0.456 e. The van der Waals surface area contributed by atoms with Gasteiger partial charge in [-0.05, 0) is 75.9 Å². The first-order chi connectivity index (χ1) is 17.1. The first-order valence-corrected chi connectivity index (χ1v) is 13.6. The van der Waals surface area contributed by atoms with E-state index in [1.54, 1.807) is 20.8 Å². The van der Waals surface area contributed by atoms with Gasteiger partial charge in [0.15, 0.2) is 5.78 Å². The van der Waals surface area contributed by atoms with Crippen molar-refractivity contribution in [1.29, 1.82) is 0 Å². The van der Waals surface area contributed by atoms with E-state index in [-0.39, 0.29) is 37.2 Å². The van der Waals surface area contributed by atoms with Crippen molar-refractivity contribution in [2.24, 2.45) is 28.6 Å². The Hall–Kier alpha value is -1.87. The van der Waals surface area contributed by atoms with Gasteiger partial charge in [-0.25, -0.2) is 4.79 Å². The minimum absolute atomic E-state index is 0.0734. The van der Waals surface area contributed by atoms with E-state index in [0.29, 0.717) is 30.4 Å². The molecule has 0 radical (unpaired) electrons. The highest BCUT2D eigenvalue weighted by molar-refractivity contribution is 5.98. The molecular formula is C29H40O8. The van der Waals surface area contributed by atoms with Gasteiger partial charge in [0.2, 0.25) is 0 Å². The summed E-state index contributed by atoms with van der Waals surface area (Å²) in [6.45, 7) is 8.83. The molecule has 0 aromatic heterocycles. The van der Waals surface area contributed by atoms with Crippen LogP contribution in [0.3, 0.4) is 0 Å². The Morgan fingerprint density at radius 2 is 1.78 bits per heavy atom. The number of cyclic esters (lactones) is 1. The van der Waals surface area contributed by atoms with Crippen LogP contribution in [0, 0.1) is 28.6 Å². The van der Waals surface area contributed by atoms with Crippen LogP contribution < -0.4 is 0 Å². The molecular weight excluding hydrogens is 476 g/mol. The van der Waals surface area contributed by atoms with Crippen LogP contribution in [0.1, 0.15) is 79.6 Å². The van der Waals surface area contributed by atoms with E-state index < -0.39 is 64.1 Å². The van der Waals surface area contributed by atoms with Gasteiger partial charge in [-0.1, -0.05) is 19.4 Å². The third-order valence-electron chi connectivity index (χ3n) is 11.3. The van der Waals surface area contributed by atoms with E-state index >= 15 is 0 Å². The van der Waals surface area contributed by atoms with Gasteiger partial charge in [-0.3, -0.25) is 9.59 Å². The van der Waals surface area contributed by atoms with Crippen molar-refractivity contribution in [2.75, 3.05) is 0 Å². The zero-order chi connectivity index (χ0) is 27.3. The fraction of sp³-hybridized carbons (Fsp3) is 0.759. The van der Waals surface area contributed by atoms with Crippen LogP contribution >= 0.6 is 0 Å². The molecule has 1 heterocycles. The number of Topliss-reactive ketones (excluding diaryl/α,β-unsaturated/α-hetero) is 1. The SMILES string of the molecule is CCC1=C(C)C(=O)O[C@@H]([C@](C)(O)[C@H]2CC[C@@]3(O)C4=CC(=O)[C@@H]5C[C@@H](O)[C@@H](O)C[C@]5(C)[C@H]4CC(=O)[C@]23C)C1. The summed E-state index contributed by atoms with van der Waals surface area (Å²) in [5, 5.41) is 45.0. The second-order valence-corrected chi connectivity index (χ2v) is 12.9. The fourth-order valence-electron chi connectivity index (χ4n) is 8.76. The molecule has 0 bridgehead atoms. The third kappa shape index (κ3) is 3.38. The summed E-state index contributed by atoms with van der Waals surface area (Å²) in [5.74, 6) is -2.55. The summed E-state index contributed by atoms with van der Waals surface area (Å²) in [6.07, 6.45) is 0.501. The topological polar surface area (TPSA) is 141 Å². The molecule has 8 nitrogen and oxygen atoms in total. The van der Waals surface area contributed by atoms with E-state index in [4.69, 9.17) is 4.74 Å². The maximum atomic E-state index is 14.1. The summed E-state index contributed by atoms with van der Waals surface area (Å²) in [6, 6.07) is 0. The number of allylic oxidation sites excluding steroid dienone is 1. The summed E-state index contributed by atoms with van der Waals surface area (Å²) < 4.78 is 5.67. The molecule has 37 heavy (non-hydrogen) atoms. The van der Waals surface area contributed by atoms with E-state index in [9.17, 15) is 34.8 Å². The zero-order valence-electron chi connectivity index (χ0n) is 22.4. The molecule has 8 heteroatoms. The van der Waals surface area contributed by atoms with Gasteiger partial charge in [0.05, 0.1) is 23.2 Å². The summed E-state index contributed by atoms with van der Waals surface area (Å²) >= 11 is 0. The molecule has 204 valence electrons. The predicted molar refractivity (Wildman–Crippen MR) is 133 cm³/mol. The molecule has 3 saturated carbocycles. The zero-order valence-corrected chi connectivity index (χ0v) is 22.4. The van der Waals surface area contributed by atoms with Crippen molar-refractivity contribution in [1.82, 2.24) is 0 Å². The number of esters is 1. The van der Waals surface area contributed by atoms with Gasteiger partial charge >= 0.3 is 5.97 Å². The van der Waals surface area contributed by atoms with Crippen molar-refractivity contribution < 1.29 is 39.5 Å². The highest BCUT2D eigenvalue weighted by Gasteiger charge is 2.72. The molecule has 3 fully saturated rings. The second-order valence-electron chi connectivity index (χ2n) is 12.9. The van der Waals surface area contributed by atoms with Crippen LogP contribution in [0.5, 0.6) is 0 Å². The lowest BCUT2D eigenvalue weighted by molar-refractivity contribution is -0.192. The van der Waals surface area contributed by atoms with Crippen molar-refractivity contribution in [3.05, 3.63) is 22.8 Å². The Balaban J connectivity index is 1.55. The number of aliphatic hydroxyl groups excluding tert-OH is 2. The molecule has 5 aliphatic rings. The highest BCUT2D eigenvalue weighted by Crippen LogP contribution is 2.67. The lowest BCUT2D eigenvalue weighted by Crippen LogP contribution is -2.66. The minimum atomic E-state index is -1.65. The normalized spacial score (nSPS) is 47.5. The van der Waals surface area contributed by atoms with Crippen molar-refractivity contribution >= 4 is 17.5 Å². The monoisotopic (exact) mass is 516 g/mol. The molecule has 10 atom stereocenters. The van der Waals surface area contributed by atoms with E-state index in [2.05, 4.69) is 0 Å². The summed E-state index contributed by atoms with van der Waals surface area (Å²) in [5.41, 5.74) is -3.43. The van der Waals surface area contributed by atoms with Crippen molar-refractivity contribution in [2.45, 2.75) is 109 Å². The maximum Gasteiger partial charge on any atom is 0.334 e. The van der Waals surface area contributed by atoms with Gasteiger partial charge < -0.3 is 25.2 Å². The standard InChI is InChI=1S/C29H40O8/c1-6-15-9-24(37-25(34)14(15)2)28(5,35)22-7-8-29(36)17-10-19(30)18-11-20(31)21(32)13-26(18,3)16(17)12-23(33)27(22,29)4/h10,16,18,20-22,24,31-32,35-36H,6-9,11-13H2,1-5H3/t16-,18-,20+,21-,22-,24+,26+,27-,28+,29+/m0/s1. The Bertz CT molecular complexity index is 1120. The molecule has 0 spiro atoms. The molecule has 0 aromatic rings. The highest BCUT2D eigenvalue weighted by atomic mass is 16.6. The Morgan fingerprint density at radius 1 is 1.11 bits per heavy atom. The van der Waals surface area contributed by atoms with Crippen molar-refractivity contribution in [3.8, 4) is 0 Å². The summed E-state index contributed by atoms with van der Waals surface area (Å²) in [7, 11) is 0. The quantitative estimate of drug-likeness (QED) is 0.418. The number of aliphatic hydroxyl groups is 4. The van der Waals surface area contributed by atoms with Crippen molar-refractivity contribution in [3.63, 3.8) is 0 Å². The third-order valence-corrected chi connectivity index (χ3v) is 11.3. The van der Waals surface area contributed by atoms with Gasteiger partial charge in [0, 0.05) is 30.3 Å².